The van der Waals surface area contributed by atoms with Gasteiger partial charge in [-0.15, -0.1) is 0 Å². The summed E-state index contributed by atoms with van der Waals surface area (Å²) in [4.78, 5) is 0. The van der Waals surface area contributed by atoms with Crippen LogP contribution >= 0.6 is 0 Å². The van der Waals surface area contributed by atoms with Crippen molar-refractivity contribution < 1.29 is 28.5 Å². The van der Waals surface area contributed by atoms with Gasteiger partial charge in [-0.3, -0.25) is 0 Å². The van der Waals surface area contributed by atoms with Gasteiger partial charge in [-0.25, -0.2) is 4.57 Å². The normalized spacial score (nSPS) is 9.57. The Balaban J connectivity index is 0.000000980. The molecule has 0 aliphatic rings. The summed E-state index contributed by atoms with van der Waals surface area (Å²) in [5.74, 6) is 0. The monoisotopic (exact) mass is 300 g/mol. The molecule has 0 radical (unpaired) electrons. The first-order valence-corrected chi connectivity index (χ1v) is 4.34. The predicted molar refractivity (Wildman–Crippen MR) is 52.0 cm³/mol. The summed E-state index contributed by atoms with van der Waals surface area (Å²) in [5.41, 5.74) is 2.51. The average molecular weight is 300 g/mol. The molecule has 0 saturated carbocycles. The van der Waals surface area contributed by atoms with Crippen LogP contribution in [-0.2, 0) is 14.1 Å². The molecule has 0 saturated heterocycles. The molecule has 14 heavy (non-hydrogen) atoms. The standard InChI is InChI=1S/C11H13N2.HI/c1-12-8-5-10(6-9-12)11-4-3-7-13(11)2;/h3-9H,1-2H3;1H/q+1;/p-1. The highest BCUT2D eigenvalue weighted by Crippen LogP contribution is 2.16. The minimum absolute atomic E-state index is 0. The van der Waals surface area contributed by atoms with Crippen LogP contribution in [0.4, 0.5) is 0 Å². The van der Waals surface area contributed by atoms with E-state index >= 15 is 0 Å². The molecule has 0 aromatic carbocycles. The van der Waals surface area contributed by atoms with E-state index < -0.39 is 0 Å². The van der Waals surface area contributed by atoms with Crippen molar-refractivity contribution >= 4 is 0 Å². The highest BCUT2D eigenvalue weighted by Gasteiger charge is 2.01. The summed E-state index contributed by atoms with van der Waals surface area (Å²) < 4.78 is 4.15. The highest BCUT2D eigenvalue weighted by molar-refractivity contribution is 5.58. The lowest BCUT2D eigenvalue weighted by atomic mass is 10.2. The van der Waals surface area contributed by atoms with E-state index in [1.807, 2.05) is 11.6 Å². The summed E-state index contributed by atoms with van der Waals surface area (Å²) in [5, 5.41) is 0. The van der Waals surface area contributed by atoms with E-state index in [-0.39, 0.29) is 24.0 Å². The molecule has 2 rings (SSSR count). The largest absolute Gasteiger partial charge is 1.00 e. The second-order valence-electron chi connectivity index (χ2n) is 3.26. The molecule has 0 fully saturated rings. The Morgan fingerprint density at radius 2 is 1.79 bits per heavy atom. The van der Waals surface area contributed by atoms with Gasteiger partial charge in [-0.2, -0.15) is 0 Å². The molecule has 2 heterocycles. The van der Waals surface area contributed by atoms with Crippen LogP contribution in [0.5, 0.6) is 0 Å². The maximum Gasteiger partial charge on any atom is 0.169 e. The Kier molecular flexibility index (Phi) is 3.69. The van der Waals surface area contributed by atoms with Crippen molar-refractivity contribution in [3.63, 3.8) is 0 Å². The summed E-state index contributed by atoms with van der Waals surface area (Å²) in [6, 6.07) is 8.42. The molecule has 0 unspecified atom stereocenters. The van der Waals surface area contributed by atoms with Gasteiger partial charge in [0.15, 0.2) is 12.4 Å². The zero-order valence-corrected chi connectivity index (χ0v) is 10.5. The number of aryl methyl sites for hydroxylation is 2. The molecule has 0 aliphatic heterocycles. The zero-order chi connectivity index (χ0) is 9.26. The molecule has 2 nitrogen and oxygen atoms in total. The van der Waals surface area contributed by atoms with E-state index in [0.717, 1.165) is 0 Å². The van der Waals surface area contributed by atoms with E-state index in [4.69, 9.17) is 0 Å². The predicted octanol–water partition coefficient (Wildman–Crippen LogP) is -1.48. The third-order valence-corrected chi connectivity index (χ3v) is 2.22. The maximum absolute atomic E-state index is 2.12. The minimum Gasteiger partial charge on any atom is -1.00 e. The zero-order valence-electron chi connectivity index (χ0n) is 8.31. The SMILES string of the molecule is Cn1cccc1-c1cc[n+](C)cc1.[I-]. The Morgan fingerprint density at radius 1 is 1.14 bits per heavy atom. The van der Waals surface area contributed by atoms with Gasteiger partial charge in [0.25, 0.3) is 0 Å². The van der Waals surface area contributed by atoms with Crippen molar-refractivity contribution in [1.29, 1.82) is 0 Å². The molecule has 2 aromatic heterocycles. The van der Waals surface area contributed by atoms with E-state index in [0.29, 0.717) is 0 Å². The highest BCUT2D eigenvalue weighted by atomic mass is 127. The summed E-state index contributed by atoms with van der Waals surface area (Å²) in [6.45, 7) is 0. The van der Waals surface area contributed by atoms with E-state index in [1.54, 1.807) is 0 Å². The van der Waals surface area contributed by atoms with Crippen LogP contribution in [-0.4, -0.2) is 4.57 Å². The van der Waals surface area contributed by atoms with Gasteiger partial charge >= 0.3 is 0 Å². The van der Waals surface area contributed by atoms with E-state index in [2.05, 4.69) is 54.5 Å². The van der Waals surface area contributed by atoms with Crippen molar-refractivity contribution in [3.8, 4) is 11.3 Å². The molecule has 0 aliphatic carbocycles. The van der Waals surface area contributed by atoms with Crippen LogP contribution in [0.3, 0.4) is 0 Å². The van der Waals surface area contributed by atoms with Crippen molar-refractivity contribution in [2.24, 2.45) is 14.1 Å². The second-order valence-corrected chi connectivity index (χ2v) is 3.26. The van der Waals surface area contributed by atoms with E-state index in [9.17, 15) is 0 Å². The van der Waals surface area contributed by atoms with Gasteiger partial charge in [-0.1, -0.05) is 0 Å². The van der Waals surface area contributed by atoms with Crippen LogP contribution in [0, 0.1) is 0 Å². The fourth-order valence-corrected chi connectivity index (χ4v) is 1.43. The minimum atomic E-state index is 0. The van der Waals surface area contributed by atoms with Crippen LogP contribution in [0.25, 0.3) is 11.3 Å². The third-order valence-electron chi connectivity index (χ3n) is 2.22. The first kappa shape index (κ1) is 11.2. The number of halogens is 1. The average Bonchev–Trinajstić information content (AvgIpc) is 2.53. The smallest absolute Gasteiger partial charge is 0.169 e. The van der Waals surface area contributed by atoms with Crippen molar-refractivity contribution in [2.45, 2.75) is 0 Å². The third kappa shape index (κ3) is 2.15. The molecular formula is C11H13IN2. The second kappa shape index (κ2) is 4.59. The van der Waals surface area contributed by atoms with Gasteiger partial charge in [0.2, 0.25) is 0 Å². The molecule has 0 atom stereocenters. The molecule has 2 aromatic rings. The fraction of sp³-hybridized carbons (Fsp3) is 0.182. The van der Waals surface area contributed by atoms with Crippen LogP contribution < -0.4 is 28.5 Å². The molecule has 74 valence electrons. The summed E-state index contributed by atoms with van der Waals surface area (Å²) >= 11 is 0. The van der Waals surface area contributed by atoms with Gasteiger partial charge in [0.05, 0.1) is 0 Å². The maximum atomic E-state index is 2.12. The van der Waals surface area contributed by atoms with Gasteiger partial charge in [0.1, 0.15) is 7.05 Å². The van der Waals surface area contributed by atoms with Gasteiger partial charge in [0, 0.05) is 36.6 Å². The van der Waals surface area contributed by atoms with Gasteiger partial charge in [-0.05, 0) is 12.1 Å². The number of aromatic nitrogens is 2. The number of rotatable bonds is 1. The number of hydrogen-bond acceptors (Lipinski definition) is 0. The van der Waals surface area contributed by atoms with Crippen LogP contribution in [0.1, 0.15) is 0 Å². The Labute approximate surface area is 101 Å². The van der Waals surface area contributed by atoms with Crippen molar-refractivity contribution in [3.05, 3.63) is 42.9 Å². The Morgan fingerprint density at radius 3 is 2.29 bits per heavy atom. The Hall–Kier alpha value is -0.840. The number of hydrogen-bond donors (Lipinski definition) is 0. The molecular weight excluding hydrogens is 287 g/mol. The lowest BCUT2D eigenvalue weighted by Crippen LogP contribution is -3.00. The molecule has 0 bridgehead atoms. The molecule has 0 amide bonds. The van der Waals surface area contributed by atoms with Crippen LogP contribution in [0.15, 0.2) is 42.9 Å². The molecule has 0 spiro atoms. The van der Waals surface area contributed by atoms with Crippen LogP contribution in [0.2, 0.25) is 0 Å². The molecule has 3 heteroatoms. The lowest BCUT2D eigenvalue weighted by molar-refractivity contribution is -0.671. The quantitative estimate of drug-likeness (QED) is 0.449. The Bertz CT molecular complexity index is 403. The summed E-state index contributed by atoms with van der Waals surface area (Å²) in [6.07, 6.45) is 6.17. The molecule has 0 N–H and O–H groups in total. The first-order chi connectivity index (χ1) is 6.27. The van der Waals surface area contributed by atoms with Crippen molar-refractivity contribution in [1.82, 2.24) is 4.57 Å². The summed E-state index contributed by atoms with van der Waals surface area (Å²) in [7, 11) is 4.08. The lowest BCUT2D eigenvalue weighted by Gasteiger charge is -2.01. The number of pyridine rings is 1. The first-order valence-electron chi connectivity index (χ1n) is 4.34. The van der Waals surface area contributed by atoms with E-state index in [1.165, 1.54) is 11.3 Å². The number of nitrogens with zero attached hydrogens (tertiary/aromatic N) is 2. The fourth-order valence-electron chi connectivity index (χ4n) is 1.43. The topological polar surface area (TPSA) is 8.81 Å². The van der Waals surface area contributed by atoms with Crippen molar-refractivity contribution in [2.75, 3.05) is 0 Å². The van der Waals surface area contributed by atoms with Gasteiger partial charge < -0.3 is 28.5 Å².